The molecule has 0 bridgehead atoms. The summed E-state index contributed by atoms with van der Waals surface area (Å²) >= 11 is 5.48. The molecular weight excluding hydrogens is 277 g/mol. The van der Waals surface area contributed by atoms with E-state index in [1.807, 2.05) is 0 Å². The second-order valence-electron chi connectivity index (χ2n) is 3.94. The van der Waals surface area contributed by atoms with Gasteiger partial charge in [0, 0.05) is 5.56 Å². The largest absolute Gasteiger partial charge is 0.271 e. The summed E-state index contributed by atoms with van der Waals surface area (Å²) in [5.74, 6) is 3.49. The molecule has 19 heavy (non-hydrogen) atoms. The third-order valence-corrected chi connectivity index (χ3v) is 3.01. The topological polar surface area (TPSA) is 38.0 Å². The minimum atomic E-state index is -0.799. The lowest BCUT2D eigenvalue weighted by atomic mass is 9.98. The van der Waals surface area contributed by atoms with Gasteiger partial charge in [-0.05, 0) is 29.8 Å². The Kier molecular flexibility index (Phi) is 4.09. The van der Waals surface area contributed by atoms with Crippen LogP contribution in [0.15, 0.2) is 36.4 Å². The van der Waals surface area contributed by atoms with Gasteiger partial charge in [-0.1, -0.05) is 23.7 Å². The molecular formula is C13H10ClF3N2. The Balaban J connectivity index is 2.47. The lowest BCUT2D eigenvalue weighted by Crippen LogP contribution is -2.29. The van der Waals surface area contributed by atoms with Crippen LogP contribution in [0.2, 0.25) is 5.02 Å². The molecule has 0 saturated heterocycles. The Bertz CT molecular complexity index is 587. The van der Waals surface area contributed by atoms with E-state index in [0.29, 0.717) is 5.56 Å². The molecule has 0 fully saturated rings. The van der Waals surface area contributed by atoms with Crippen LogP contribution in [0.1, 0.15) is 17.2 Å². The number of hydrogen-bond donors (Lipinski definition) is 2. The summed E-state index contributed by atoms with van der Waals surface area (Å²) in [4.78, 5) is 0. The van der Waals surface area contributed by atoms with Gasteiger partial charge in [0.15, 0.2) is 0 Å². The highest BCUT2D eigenvalue weighted by molar-refractivity contribution is 6.30. The fourth-order valence-electron chi connectivity index (χ4n) is 1.78. The number of halogens is 4. The summed E-state index contributed by atoms with van der Waals surface area (Å²) in [6, 6.07) is 6.34. The van der Waals surface area contributed by atoms with Crippen LogP contribution in [0.25, 0.3) is 0 Å². The van der Waals surface area contributed by atoms with Crippen molar-refractivity contribution in [3.8, 4) is 0 Å². The van der Waals surface area contributed by atoms with E-state index in [1.165, 1.54) is 24.3 Å². The van der Waals surface area contributed by atoms with Crippen molar-refractivity contribution in [2.45, 2.75) is 6.04 Å². The van der Waals surface area contributed by atoms with Crippen LogP contribution in [0.4, 0.5) is 13.2 Å². The molecule has 0 saturated carbocycles. The zero-order valence-corrected chi connectivity index (χ0v) is 10.4. The van der Waals surface area contributed by atoms with Gasteiger partial charge >= 0.3 is 0 Å². The Morgan fingerprint density at radius 3 is 2.21 bits per heavy atom. The number of hydrogen-bond acceptors (Lipinski definition) is 2. The molecule has 100 valence electrons. The van der Waals surface area contributed by atoms with E-state index in [-0.39, 0.29) is 10.6 Å². The van der Waals surface area contributed by atoms with Gasteiger partial charge < -0.3 is 0 Å². The smallest absolute Gasteiger partial charge is 0.142 e. The second kappa shape index (κ2) is 5.61. The quantitative estimate of drug-likeness (QED) is 0.516. The Morgan fingerprint density at radius 1 is 1.00 bits per heavy atom. The van der Waals surface area contributed by atoms with Gasteiger partial charge in [-0.15, -0.1) is 0 Å². The average Bonchev–Trinajstić information content (AvgIpc) is 2.38. The molecule has 1 unspecified atom stereocenters. The van der Waals surface area contributed by atoms with Crippen LogP contribution in [-0.4, -0.2) is 0 Å². The van der Waals surface area contributed by atoms with E-state index in [1.54, 1.807) is 0 Å². The van der Waals surface area contributed by atoms with Crippen molar-refractivity contribution in [3.05, 3.63) is 70.0 Å². The minimum absolute atomic E-state index is 0.00370. The van der Waals surface area contributed by atoms with Crippen molar-refractivity contribution in [1.82, 2.24) is 5.43 Å². The molecule has 2 aromatic rings. The summed E-state index contributed by atoms with van der Waals surface area (Å²) in [5.41, 5.74) is 2.87. The van der Waals surface area contributed by atoms with Crippen molar-refractivity contribution in [3.63, 3.8) is 0 Å². The summed E-state index contributed by atoms with van der Waals surface area (Å²) in [5, 5.41) is -0.309. The van der Waals surface area contributed by atoms with E-state index in [0.717, 1.165) is 12.1 Å². The van der Waals surface area contributed by atoms with Crippen molar-refractivity contribution in [2.75, 3.05) is 0 Å². The molecule has 2 rings (SSSR count). The van der Waals surface area contributed by atoms with E-state index < -0.39 is 23.5 Å². The first kappa shape index (κ1) is 13.9. The monoisotopic (exact) mass is 286 g/mol. The minimum Gasteiger partial charge on any atom is -0.271 e. The molecule has 0 heterocycles. The molecule has 3 N–H and O–H groups in total. The first-order valence-corrected chi connectivity index (χ1v) is 5.76. The van der Waals surface area contributed by atoms with E-state index >= 15 is 0 Å². The van der Waals surface area contributed by atoms with Gasteiger partial charge in [0.05, 0.1) is 11.1 Å². The number of hydrazine groups is 1. The van der Waals surface area contributed by atoms with Gasteiger partial charge in [0.1, 0.15) is 17.5 Å². The zero-order valence-electron chi connectivity index (χ0n) is 9.63. The molecule has 0 aliphatic carbocycles. The van der Waals surface area contributed by atoms with Crippen LogP contribution in [0, 0.1) is 17.5 Å². The molecule has 0 amide bonds. The van der Waals surface area contributed by atoms with Gasteiger partial charge in [-0.3, -0.25) is 5.84 Å². The third-order valence-electron chi connectivity index (χ3n) is 2.72. The predicted molar refractivity (Wildman–Crippen MR) is 66.9 cm³/mol. The van der Waals surface area contributed by atoms with E-state index in [2.05, 4.69) is 5.43 Å². The zero-order chi connectivity index (χ0) is 14.0. The van der Waals surface area contributed by atoms with E-state index in [9.17, 15) is 13.2 Å². The van der Waals surface area contributed by atoms with E-state index in [4.69, 9.17) is 17.4 Å². The average molecular weight is 287 g/mol. The standard InChI is InChI=1S/C13H10ClF3N2/c14-10-6-11(16)9(5-12(10)17)13(19-18)7-1-3-8(15)4-2-7/h1-6,13,19H,18H2. The van der Waals surface area contributed by atoms with Crippen molar-refractivity contribution < 1.29 is 13.2 Å². The molecule has 6 heteroatoms. The highest BCUT2D eigenvalue weighted by atomic mass is 35.5. The van der Waals surface area contributed by atoms with Crippen LogP contribution in [-0.2, 0) is 0 Å². The van der Waals surface area contributed by atoms with Crippen LogP contribution < -0.4 is 11.3 Å². The number of rotatable bonds is 3. The molecule has 0 radical (unpaired) electrons. The second-order valence-corrected chi connectivity index (χ2v) is 4.35. The van der Waals surface area contributed by atoms with Gasteiger partial charge in [0.2, 0.25) is 0 Å². The maximum Gasteiger partial charge on any atom is 0.142 e. The lowest BCUT2D eigenvalue weighted by Gasteiger charge is -2.18. The maximum atomic E-state index is 13.8. The molecule has 2 nitrogen and oxygen atoms in total. The highest BCUT2D eigenvalue weighted by Gasteiger charge is 2.19. The van der Waals surface area contributed by atoms with Crippen LogP contribution in [0.3, 0.4) is 0 Å². The Morgan fingerprint density at radius 2 is 1.63 bits per heavy atom. The van der Waals surface area contributed by atoms with Crippen LogP contribution in [0.5, 0.6) is 0 Å². The summed E-state index contributed by atoms with van der Waals surface area (Å²) in [6.07, 6.45) is 0. The Hall–Kier alpha value is -1.56. The SMILES string of the molecule is NNC(c1ccc(F)cc1)c1cc(F)c(Cl)cc1F. The summed E-state index contributed by atoms with van der Waals surface area (Å²) < 4.78 is 40.1. The van der Waals surface area contributed by atoms with Gasteiger partial charge in [0.25, 0.3) is 0 Å². The maximum absolute atomic E-state index is 13.8. The molecule has 0 aliphatic heterocycles. The first-order valence-electron chi connectivity index (χ1n) is 5.39. The first-order chi connectivity index (χ1) is 9.02. The van der Waals surface area contributed by atoms with Gasteiger partial charge in [-0.2, -0.15) is 0 Å². The summed E-state index contributed by atoms with van der Waals surface area (Å²) in [7, 11) is 0. The fourth-order valence-corrected chi connectivity index (χ4v) is 1.93. The number of benzene rings is 2. The Labute approximate surface area is 113 Å². The highest BCUT2D eigenvalue weighted by Crippen LogP contribution is 2.27. The van der Waals surface area contributed by atoms with Crippen molar-refractivity contribution in [1.29, 1.82) is 0 Å². The molecule has 1 atom stereocenters. The molecule has 0 aromatic heterocycles. The molecule has 0 aliphatic rings. The number of nitrogens with two attached hydrogens (primary N) is 1. The number of nitrogens with one attached hydrogen (secondary N) is 1. The lowest BCUT2D eigenvalue weighted by molar-refractivity contribution is 0.545. The van der Waals surface area contributed by atoms with Crippen molar-refractivity contribution >= 4 is 11.6 Å². The summed E-state index contributed by atoms with van der Waals surface area (Å²) in [6.45, 7) is 0. The normalized spacial score (nSPS) is 12.5. The molecule has 2 aromatic carbocycles. The van der Waals surface area contributed by atoms with Gasteiger partial charge in [-0.25, -0.2) is 18.6 Å². The van der Waals surface area contributed by atoms with Crippen LogP contribution >= 0.6 is 11.6 Å². The third kappa shape index (κ3) is 2.89. The fraction of sp³-hybridized carbons (Fsp3) is 0.0769. The molecule has 0 spiro atoms. The predicted octanol–water partition coefficient (Wildman–Crippen LogP) is 3.31. The van der Waals surface area contributed by atoms with Crippen molar-refractivity contribution in [2.24, 2.45) is 5.84 Å².